The number of carbonyl (C=O) groups is 2. The van der Waals surface area contributed by atoms with Crippen LogP contribution in [0, 0.1) is 0 Å². The molecule has 0 aliphatic rings. The van der Waals surface area contributed by atoms with Crippen LogP contribution in [0.1, 0.15) is 0 Å². The first-order valence-corrected chi connectivity index (χ1v) is 6.01. The van der Waals surface area contributed by atoms with Gasteiger partial charge in [-0.05, 0) is 12.1 Å². The van der Waals surface area contributed by atoms with Crippen LogP contribution < -0.4 is 0 Å². The molecule has 3 aromatic rings. The van der Waals surface area contributed by atoms with Crippen molar-refractivity contribution in [2.24, 2.45) is 0 Å². The molecule has 106 valence electrons. The van der Waals surface area contributed by atoms with Crippen molar-refractivity contribution in [1.82, 2.24) is 9.38 Å². The number of fused-ring (bicyclic) bond motifs is 3. The monoisotopic (exact) mass is 284 g/mol. The van der Waals surface area contributed by atoms with E-state index in [9.17, 15) is 9.59 Å². The Bertz CT molecular complexity index is 754. The van der Waals surface area contributed by atoms with E-state index < -0.39 is 11.9 Å². The molecule has 0 saturated heterocycles. The second kappa shape index (κ2) is 6.33. The predicted octanol–water partition coefficient (Wildman–Crippen LogP) is 2.20. The van der Waals surface area contributed by atoms with Gasteiger partial charge in [-0.3, -0.25) is 4.98 Å². The number of carboxylic acids is 2. The molecule has 0 amide bonds. The molecule has 0 aliphatic heterocycles. The fourth-order valence-electron chi connectivity index (χ4n) is 1.83. The molecule has 6 heteroatoms. The fraction of sp³-hybridized carbons (Fsp3) is 0. The summed E-state index contributed by atoms with van der Waals surface area (Å²) < 4.78 is 2.14. The maximum absolute atomic E-state index is 9.55. The van der Waals surface area contributed by atoms with Crippen molar-refractivity contribution in [1.29, 1.82) is 0 Å². The minimum Gasteiger partial charge on any atom is -0.478 e. The van der Waals surface area contributed by atoms with Gasteiger partial charge in [0.1, 0.15) is 0 Å². The summed E-state index contributed by atoms with van der Waals surface area (Å²) >= 11 is 0. The summed E-state index contributed by atoms with van der Waals surface area (Å²) in [6, 6.07) is 10.5. The van der Waals surface area contributed by atoms with E-state index in [0.29, 0.717) is 12.2 Å². The van der Waals surface area contributed by atoms with Crippen LogP contribution in [0.25, 0.3) is 16.4 Å². The molecule has 0 atom stereocenters. The van der Waals surface area contributed by atoms with Crippen molar-refractivity contribution in [3.8, 4) is 0 Å². The van der Waals surface area contributed by atoms with Gasteiger partial charge in [-0.15, -0.1) is 0 Å². The van der Waals surface area contributed by atoms with E-state index in [0.717, 1.165) is 5.52 Å². The van der Waals surface area contributed by atoms with Crippen molar-refractivity contribution in [2.75, 3.05) is 0 Å². The number of nitrogens with zero attached hydrogens (tertiary/aromatic N) is 2. The van der Waals surface area contributed by atoms with Crippen LogP contribution in [-0.4, -0.2) is 31.5 Å². The highest BCUT2D eigenvalue weighted by atomic mass is 16.4. The smallest absolute Gasteiger partial charge is 0.328 e. The third-order valence-corrected chi connectivity index (χ3v) is 2.65. The van der Waals surface area contributed by atoms with Gasteiger partial charge in [-0.25, -0.2) is 9.59 Å². The summed E-state index contributed by atoms with van der Waals surface area (Å²) in [5.74, 6) is -2.51. The highest BCUT2D eigenvalue weighted by molar-refractivity contribution is 5.89. The molecule has 0 spiro atoms. The van der Waals surface area contributed by atoms with Crippen molar-refractivity contribution in [3.05, 3.63) is 61.1 Å². The van der Waals surface area contributed by atoms with Gasteiger partial charge in [-0.1, -0.05) is 18.2 Å². The average molecular weight is 284 g/mol. The van der Waals surface area contributed by atoms with Crippen LogP contribution >= 0.6 is 0 Å². The second-order valence-corrected chi connectivity index (χ2v) is 4.08. The third kappa shape index (κ3) is 3.66. The molecule has 3 rings (SSSR count). The molecule has 1 aromatic carbocycles. The molecule has 2 N–H and O–H groups in total. The normalized spacial score (nSPS) is 10.5. The van der Waals surface area contributed by atoms with Crippen LogP contribution in [0.3, 0.4) is 0 Å². The lowest BCUT2D eigenvalue weighted by Gasteiger charge is -1.93. The lowest BCUT2D eigenvalue weighted by molar-refractivity contribution is -0.134. The molecule has 0 bridgehead atoms. The van der Waals surface area contributed by atoms with Crippen LogP contribution in [-0.2, 0) is 9.59 Å². The van der Waals surface area contributed by atoms with Gasteiger partial charge in [0.25, 0.3) is 0 Å². The first-order valence-electron chi connectivity index (χ1n) is 6.01. The van der Waals surface area contributed by atoms with Gasteiger partial charge >= 0.3 is 11.9 Å². The Labute approximate surface area is 119 Å². The Balaban J connectivity index is 0.000000177. The first kappa shape index (κ1) is 14.3. The molecule has 2 aromatic heterocycles. The van der Waals surface area contributed by atoms with Crippen LogP contribution in [0.5, 0.6) is 0 Å². The molecule has 0 saturated carbocycles. The van der Waals surface area contributed by atoms with Crippen molar-refractivity contribution in [3.63, 3.8) is 0 Å². The third-order valence-electron chi connectivity index (χ3n) is 2.65. The minimum atomic E-state index is -1.26. The fourth-order valence-corrected chi connectivity index (χ4v) is 1.83. The average Bonchev–Trinajstić information content (AvgIpc) is 2.84. The van der Waals surface area contributed by atoms with E-state index in [-0.39, 0.29) is 0 Å². The van der Waals surface area contributed by atoms with Crippen LogP contribution in [0.15, 0.2) is 61.1 Å². The van der Waals surface area contributed by atoms with Gasteiger partial charge < -0.3 is 14.6 Å². The van der Waals surface area contributed by atoms with Gasteiger partial charge in [0, 0.05) is 29.9 Å². The maximum Gasteiger partial charge on any atom is 0.328 e. The van der Waals surface area contributed by atoms with E-state index >= 15 is 0 Å². The number of aliphatic carboxylic acids is 2. The van der Waals surface area contributed by atoms with Crippen LogP contribution in [0.4, 0.5) is 0 Å². The molecule has 21 heavy (non-hydrogen) atoms. The Morgan fingerprint density at radius 1 is 1.10 bits per heavy atom. The maximum atomic E-state index is 9.55. The van der Waals surface area contributed by atoms with E-state index in [4.69, 9.17) is 10.2 Å². The Morgan fingerprint density at radius 3 is 2.43 bits per heavy atom. The zero-order chi connectivity index (χ0) is 15.2. The number of rotatable bonds is 2. The Hall–Kier alpha value is -3.15. The Morgan fingerprint density at radius 2 is 1.76 bits per heavy atom. The van der Waals surface area contributed by atoms with Crippen molar-refractivity contribution in [2.45, 2.75) is 0 Å². The number of hydrogen-bond donors (Lipinski definition) is 2. The van der Waals surface area contributed by atoms with E-state index in [1.807, 2.05) is 12.4 Å². The highest BCUT2D eigenvalue weighted by Crippen LogP contribution is 2.18. The summed E-state index contributed by atoms with van der Waals surface area (Å²) in [7, 11) is 0. The number of para-hydroxylation sites is 1. The van der Waals surface area contributed by atoms with Crippen molar-refractivity contribution < 1.29 is 19.8 Å². The molecular weight excluding hydrogens is 272 g/mol. The largest absolute Gasteiger partial charge is 0.478 e. The lowest BCUT2D eigenvalue weighted by atomic mass is 10.2. The summed E-state index contributed by atoms with van der Waals surface area (Å²) in [4.78, 5) is 23.2. The first-order chi connectivity index (χ1) is 10.1. The van der Waals surface area contributed by atoms with Gasteiger partial charge in [-0.2, -0.15) is 0 Å². The van der Waals surface area contributed by atoms with Gasteiger partial charge in [0.15, 0.2) is 0 Å². The number of aromatic nitrogens is 2. The summed E-state index contributed by atoms with van der Waals surface area (Å²) in [6.07, 6.45) is 6.78. The lowest BCUT2D eigenvalue weighted by Crippen LogP contribution is -1.91. The van der Waals surface area contributed by atoms with E-state index in [1.165, 1.54) is 10.9 Å². The van der Waals surface area contributed by atoms with Crippen LogP contribution in [0.2, 0.25) is 0 Å². The van der Waals surface area contributed by atoms with Gasteiger partial charge in [0.05, 0.1) is 17.2 Å². The molecular formula is C15H12N2O4. The number of benzene rings is 1. The zero-order valence-electron chi connectivity index (χ0n) is 10.9. The Kier molecular flexibility index (Phi) is 4.30. The zero-order valence-corrected chi connectivity index (χ0v) is 10.9. The summed E-state index contributed by atoms with van der Waals surface area (Å²) in [5.41, 5.74) is 2.38. The topological polar surface area (TPSA) is 91.9 Å². The number of carboxylic acid groups (broad SMARTS) is 2. The predicted molar refractivity (Wildman–Crippen MR) is 77.1 cm³/mol. The quantitative estimate of drug-likeness (QED) is 0.704. The molecule has 0 radical (unpaired) electrons. The molecule has 6 nitrogen and oxygen atoms in total. The molecule has 0 unspecified atom stereocenters. The standard InChI is InChI=1S/C11H8N2.C4H4O4/c1-2-4-11-9(3-1)7-10-8-12-5-6-13(10)11;5-3(6)1-2-4(7)8/h1-8H;1-2H,(H,5,6)(H,7,8)/b;2-1+. The number of hydrogen-bond acceptors (Lipinski definition) is 3. The van der Waals surface area contributed by atoms with E-state index in [1.54, 1.807) is 6.20 Å². The molecule has 0 fully saturated rings. The minimum absolute atomic E-state index is 0.558. The van der Waals surface area contributed by atoms with Crippen molar-refractivity contribution >= 4 is 28.4 Å². The van der Waals surface area contributed by atoms with E-state index in [2.05, 4.69) is 39.7 Å². The second-order valence-electron chi connectivity index (χ2n) is 4.08. The highest BCUT2D eigenvalue weighted by Gasteiger charge is 1.99. The summed E-state index contributed by atoms with van der Waals surface area (Å²) in [5, 5.41) is 16.9. The molecule has 2 heterocycles. The molecule has 0 aliphatic carbocycles. The summed E-state index contributed by atoms with van der Waals surface area (Å²) in [6.45, 7) is 0. The van der Waals surface area contributed by atoms with Gasteiger partial charge in [0.2, 0.25) is 0 Å². The SMILES string of the molecule is O=C(O)/C=C/C(=O)O.c1ccc2c(c1)cc1cnccn12.